The van der Waals surface area contributed by atoms with Crippen LogP contribution in [0.5, 0.6) is 0 Å². The van der Waals surface area contributed by atoms with Gasteiger partial charge in [0.05, 0.1) is 6.10 Å². The topological polar surface area (TPSA) is 9.23 Å². The highest BCUT2D eigenvalue weighted by molar-refractivity contribution is 5.48. The summed E-state index contributed by atoms with van der Waals surface area (Å²) in [6, 6.07) is 5.07. The molecule has 2 aliphatic carbocycles. The molecule has 0 aliphatic heterocycles. The largest absolute Gasteiger partial charge is 0.381 e. The van der Waals surface area contributed by atoms with Crippen molar-refractivity contribution in [3.63, 3.8) is 0 Å². The van der Waals surface area contributed by atoms with E-state index in [2.05, 4.69) is 46.8 Å². The first kappa shape index (κ1) is 16.1. The molecule has 1 aromatic carbocycles. The van der Waals surface area contributed by atoms with Gasteiger partial charge < -0.3 is 4.74 Å². The summed E-state index contributed by atoms with van der Waals surface area (Å²) in [5.41, 5.74) is 6.90. The Balaban J connectivity index is 2.05. The van der Waals surface area contributed by atoms with E-state index < -0.39 is 0 Å². The fourth-order valence-corrected chi connectivity index (χ4v) is 4.62. The normalized spacial score (nSPS) is 29.4. The van der Waals surface area contributed by atoms with E-state index >= 15 is 0 Å². The third-order valence-electron chi connectivity index (χ3n) is 6.40. The second-order valence-electron chi connectivity index (χ2n) is 8.89. The van der Waals surface area contributed by atoms with Gasteiger partial charge in [0, 0.05) is 7.11 Å². The molecule has 22 heavy (non-hydrogen) atoms. The molecule has 2 atom stereocenters. The molecule has 0 radical (unpaired) electrons. The van der Waals surface area contributed by atoms with E-state index in [1.54, 1.807) is 16.7 Å². The van der Waals surface area contributed by atoms with Crippen LogP contribution in [0.4, 0.5) is 0 Å². The van der Waals surface area contributed by atoms with Crippen LogP contribution in [0.25, 0.3) is 0 Å². The zero-order chi connectivity index (χ0) is 16.1. The van der Waals surface area contributed by atoms with Gasteiger partial charge >= 0.3 is 0 Å². The lowest BCUT2D eigenvalue weighted by Gasteiger charge is -2.42. The maximum atomic E-state index is 5.59. The average molecular weight is 300 g/mol. The van der Waals surface area contributed by atoms with Crippen molar-refractivity contribution in [2.45, 2.75) is 89.6 Å². The van der Waals surface area contributed by atoms with Crippen molar-refractivity contribution < 1.29 is 4.74 Å². The van der Waals surface area contributed by atoms with Crippen LogP contribution in [0.1, 0.15) is 88.0 Å². The van der Waals surface area contributed by atoms with Crippen molar-refractivity contribution in [1.29, 1.82) is 0 Å². The van der Waals surface area contributed by atoms with Gasteiger partial charge in [0.25, 0.3) is 0 Å². The van der Waals surface area contributed by atoms with E-state index in [0.717, 1.165) is 0 Å². The summed E-state index contributed by atoms with van der Waals surface area (Å²) >= 11 is 0. The number of hydrogen-bond donors (Lipinski definition) is 0. The predicted octanol–water partition coefficient (Wildman–Crippen LogP) is 5.63. The Morgan fingerprint density at radius 2 is 1.55 bits per heavy atom. The highest BCUT2D eigenvalue weighted by Crippen LogP contribution is 2.48. The monoisotopic (exact) mass is 300 g/mol. The van der Waals surface area contributed by atoms with Crippen molar-refractivity contribution in [2.75, 3.05) is 7.11 Å². The quantitative estimate of drug-likeness (QED) is 0.688. The minimum absolute atomic E-state index is 0.312. The van der Waals surface area contributed by atoms with Crippen molar-refractivity contribution in [3.05, 3.63) is 34.4 Å². The van der Waals surface area contributed by atoms with E-state index in [1.807, 2.05) is 7.11 Å². The van der Waals surface area contributed by atoms with Crippen LogP contribution >= 0.6 is 0 Å². The molecule has 122 valence electrons. The molecule has 1 saturated carbocycles. The summed E-state index contributed by atoms with van der Waals surface area (Å²) in [6.45, 7) is 12.0. The first-order valence-electron chi connectivity index (χ1n) is 8.93. The fourth-order valence-electron chi connectivity index (χ4n) is 4.62. The second-order valence-corrected chi connectivity index (χ2v) is 8.89. The smallest absolute Gasteiger partial charge is 0.0577 e. The highest BCUT2D eigenvalue weighted by Gasteiger charge is 2.38. The molecule has 1 nitrogen and oxygen atoms in total. The molecule has 0 amide bonds. The van der Waals surface area contributed by atoms with Crippen molar-refractivity contribution in [3.8, 4) is 0 Å². The maximum Gasteiger partial charge on any atom is 0.0577 e. The van der Waals surface area contributed by atoms with Crippen LogP contribution in [0, 0.1) is 6.92 Å². The molecule has 0 N–H and O–H groups in total. The number of ether oxygens (including phenoxy) is 1. The first-order valence-corrected chi connectivity index (χ1v) is 8.93. The highest BCUT2D eigenvalue weighted by atomic mass is 16.5. The number of fused-ring (bicyclic) bond motifs is 1. The van der Waals surface area contributed by atoms with Crippen molar-refractivity contribution in [2.24, 2.45) is 0 Å². The fraction of sp³-hybridized carbons (Fsp3) is 0.714. The van der Waals surface area contributed by atoms with E-state index in [0.29, 0.717) is 22.9 Å². The van der Waals surface area contributed by atoms with Gasteiger partial charge in [-0.2, -0.15) is 0 Å². The molecule has 2 unspecified atom stereocenters. The third-order valence-corrected chi connectivity index (χ3v) is 6.40. The summed E-state index contributed by atoms with van der Waals surface area (Å²) < 4.78 is 5.59. The summed E-state index contributed by atoms with van der Waals surface area (Å²) in [5, 5.41) is 0. The molecule has 0 heterocycles. The number of benzene rings is 1. The molecule has 0 saturated heterocycles. The Morgan fingerprint density at radius 1 is 0.955 bits per heavy atom. The zero-order valence-corrected chi connectivity index (χ0v) is 15.3. The molecule has 0 bridgehead atoms. The van der Waals surface area contributed by atoms with Crippen molar-refractivity contribution in [1.82, 2.24) is 0 Å². The Kier molecular flexibility index (Phi) is 3.92. The van der Waals surface area contributed by atoms with Gasteiger partial charge in [-0.25, -0.2) is 0 Å². The Labute approximate surface area is 136 Å². The second kappa shape index (κ2) is 5.37. The predicted molar refractivity (Wildman–Crippen MR) is 93.9 cm³/mol. The minimum Gasteiger partial charge on any atom is -0.381 e. The SMILES string of the molecule is COC1CCC(c2cc3c(cc2C)C(C)(C)CCC3(C)C)C1. The Hall–Kier alpha value is -0.820. The van der Waals surface area contributed by atoms with Gasteiger partial charge in [-0.05, 0) is 78.0 Å². The molecule has 0 aromatic heterocycles. The van der Waals surface area contributed by atoms with Gasteiger partial charge in [0.1, 0.15) is 0 Å². The zero-order valence-electron chi connectivity index (χ0n) is 15.3. The molecule has 1 heteroatoms. The van der Waals surface area contributed by atoms with E-state index in [-0.39, 0.29) is 0 Å². The van der Waals surface area contributed by atoms with Gasteiger partial charge in [0.15, 0.2) is 0 Å². The third kappa shape index (κ3) is 2.62. The van der Waals surface area contributed by atoms with Crippen LogP contribution in [0.2, 0.25) is 0 Å². The van der Waals surface area contributed by atoms with Gasteiger partial charge in [-0.15, -0.1) is 0 Å². The molecular formula is C21H32O. The summed E-state index contributed by atoms with van der Waals surface area (Å²) in [7, 11) is 1.86. The van der Waals surface area contributed by atoms with E-state index in [1.165, 1.54) is 37.7 Å². The van der Waals surface area contributed by atoms with E-state index in [4.69, 9.17) is 4.74 Å². The standard InChI is InChI=1S/C21H32O/c1-14-11-18-19(21(4,5)10-9-20(18,2)3)13-17(14)15-7-8-16(12-15)22-6/h11,13,15-16H,7-10,12H2,1-6H3. The molecule has 3 rings (SSSR count). The van der Waals surface area contributed by atoms with E-state index in [9.17, 15) is 0 Å². The molecular weight excluding hydrogens is 268 g/mol. The van der Waals surface area contributed by atoms with Crippen LogP contribution < -0.4 is 0 Å². The first-order chi connectivity index (χ1) is 10.2. The lowest BCUT2D eigenvalue weighted by Crippen LogP contribution is -2.34. The Morgan fingerprint density at radius 3 is 2.09 bits per heavy atom. The van der Waals surface area contributed by atoms with Gasteiger partial charge in [0.2, 0.25) is 0 Å². The molecule has 2 aliphatic rings. The van der Waals surface area contributed by atoms with Crippen molar-refractivity contribution >= 4 is 0 Å². The number of methoxy groups -OCH3 is 1. The summed E-state index contributed by atoms with van der Waals surface area (Å²) in [4.78, 5) is 0. The molecule has 0 spiro atoms. The summed E-state index contributed by atoms with van der Waals surface area (Å²) in [6.07, 6.45) is 6.74. The molecule has 1 aromatic rings. The van der Waals surface area contributed by atoms with Crippen LogP contribution in [-0.2, 0) is 15.6 Å². The van der Waals surface area contributed by atoms with Crippen LogP contribution in [0.3, 0.4) is 0 Å². The van der Waals surface area contributed by atoms with Crippen LogP contribution in [0.15, 0.2) is 12.1 Å². The van der Waals surface area contributed by atoms with Gasteiger partial charge in [-0.1, -0.05) is 39.8 Å². The minimum atomic E-state index is 0.312. The lowest BCUT2D eigenvalue weighted by atomic mass is 9.62. The number of aryl methyl sites for hydroxylation is 1. The Bertz CT molecular complexity index is 568. The lowest BCUT2D eigenvalue weighted by molar-refractivity contribution is 0.108. The van der Waals surface area contributed by atoms with Gasteiger partial charge in [-0.3, -0.25) is 0 Å². The summed E-state index contributed by atoms with van der Waals surface area (Å²) in [5.74, 6) is 0.691. The number of rotatable bonds is 2. The maximum absolute atomic E-state index is 5.59. The van der Waals surface area contributed by atoms with Crippen LogP contribution in [-0.4, -0.2) is 13.2 Å². The number of hydrogen-bond acceptors (Lipinski definition) is 1. The average Bonchev–Trinajstić information content (AvgIpc) is 2.92. The molecule has 1 fully saturated rings.